The van der Waals surface area contributed by atoms with Gasteiger partial charge in [-0.05, 0) is 17.7 Å². The zero-order valence-corrected chi connectivity index (χ0v) is 14.1. The maximum absolute atomic E-state index is 13.7. The topological polar surface area (TPSA) is 23.6 Å². The van der Waals surface area contributed by atoms with Crippen LogP contribution in [0, 0.1) is 11.6 Å². The minimum absolute atomic E-state index is 0.150. The monoisotopic (exact) mass is 344 g/mol. The first kappa shape index (κ1) is 17.7. The van der Waals surface area contributed by atoms with Crippen LogP contribution in [-0.2, 0) is 6.54 Å². The fourth-order valence-electron chi connectivity index (χ4n) is 3.13. The number of ketones is 1. The molecule has 0 aliphatic carbocycles. The third-order valence-electron chi connectivity index (χ3n) is 4.62. The molecule has 0 N–H and O–H groups in total. The highest BCUT2D eigenvalue weighted by atomic mass is 19.2. The lowest BCUT2D eigenvalue weighted by Crippen LogP contribution is -2.46. The van der Waals surface area contributed by atoms with Gasteiger partial charge in [0, 0.05) is 45.7 Å². The summed E-state index contributed by atoms with van der Waals surface area (Å²) in [6.45, 7) is 5.16. The van der Waals surface area contributed by atoms with E-state index in [1.54, 1.807) is 0 Å². The van der Waals surface area contributed by atoms with Gasteiger partial charge in [-0.1, -0.05) is 36.4 Å². The number of benzene rings is 2. The normalized spacial score (nSPS) is 16.1. The number of hydrogen-bond acceptors (Lipinski definition) is 3. The Morgan fingerprint density at radius 1 is 0.880 bits per heavy atom. The molecular formula is C20H22F2N2O. The van der Waals surface area contributed by atoms with Gasteiger partial charge in [-0.15, -0.1) is 0 Å². The molecule has 0 atom stereocenters. The Kier molecular flexibility index (Phi) is 5.89. The molecule has 0 saturated carbocycles. The van der Waals surface area contributed by atoms with Crippen molar-refractivity contribution in [1.82, 2.24) is 9.80 Å². The lowest BCUT2D eigenvalue weighted by molar-refractivity contribution is 0.0918. The van der Waals surface area contributed by atoms with Crippen molar-refractivity contribution in [3.05, 3.63) is 71.3 Å². The second-order valence-electron chi connectivity index (χ2n) is 6.38. The standard InChI is InChI=1S/C20H22F2N2O/c21-18-8-4-7-17(20(18)22)19(25)9-10-23-11-13-24(14-12-23)15-16-5-2-1-3-6-16/h1-8H,9-15H2. The predicted molar refractivity (Wildman–Crippen MR) is 93.5 cm³/mol. The van der Waals surface area contributed by atoms with E-state index in [1.807, 2.05) is 18.2 Å². The van der Waals surface area contributed by atoms with E-state index < -0.39 is 11.6 Å². The van der Waals surface area contributed by atoms with Crippen molar-refractivity contribution in [3.8, 4) is 0 Å². The van der Waals surface area contributed by atoms with Crippen LogP contribution in [0.4, 0.5) is 8.78 Å². The van der Waals surface area contributed by atoms with Crippen LogP contribution >= 0.6 is 0 Å². The maximum atomic E-state index is 13.7. The van der Waals surface area contributed by atoms with E-state index >= 15 is 0 Å². The molecule has 1 fully saturated rings. The second-order valence-corrected chi connectivity index (χ2v) is 6.38. The van der Waals surface area contributed by atoms with Crippen LogP contribution in [0.5, 0.6) is 0 Å². The van der Waals surface area contributed by atoms with Gasteiger partial charge in [0.2, 0.25) is 0 Å². The van der Waals surface area contributed by atoms with Gasteiger partial charge < -0.3 is 4.90 Å². The van der Waals surface area contributed by atoms with Crippen LogP contribution in [0.2, 0.25) is 0 Å². The van der Waals surface area contributed by atoms with Crippen LogP contribution in [0.1, 0.15) is 22.3 Å². The van der Waals surface area contributed by atoms with Crippen LogP contribution in [0.25, 0.3) is 0 Å². The molecule has 1 aliphatic rings. The zero-order chi connectivity index (χ0) is 17.6. The van der Waals surface area contributed by atoms with Gasteiger partial charge in [-0.25, -0.2) is 8.78 Å². The number of nitrogens with zero attached hydrogens (tertiary/aromatic N) is 2. The summed E-state index contributed by atoms with van der Waals surface area (Å²) in [7, 11) is 0. The van der Waals surface area contributed by atoms with Gasteiger partial charge in [-0.2, -0.15) is 0 Å². The third-order valence-corrected chi connectivity index (χ3v) is 4.62. The molecule has 0 radical (unpaired) electrons. The lowest BCUT2D eigenvalue weighted by atomic mass is 10.1. The van der Waals surface area contributed by atoms with Gasteiger partial charge >= 0.3 is 0 Å². The number of Topliss-reactive ketones (excluding diaryl/α,β-unsaturated/α-hetero) is 1. The first-order valence-corrected chi connectivity index (χ1v) is 8.59. The molecular weight excluding hydrogens is 322 g/mol. The smallest absolute Gasteiger partial charge is 0.169 e. The van der Waals surface area contributed by atoms with Crippen molar-refractivity contribution in [2.75, 3.05) is 32.7 Å². The molecule has 25 heavy (non-hydrogen) atoms. The molecule has 1 aliphatic heterocycles. The number of hydrogen-bond donors (Lipinski definition) is 0. The Hall–Kier alpha value is -2.11. The maximum Gasteiger partial charge on any atom is 0.169 e. The van der Waals surface area contributed by atoms with Crippen molar-refractivity contribution in [3.63, 3.8) is 0 Å². The highest BCUT2D eigenvalue weighted by Crippen LogP contribution is 2.14. The molecule has 0 bridgehead atoms. The van der Waals surface area contributed by atoms with Crippen molar-refractivity contribution >= 4 is 5.78 Å². The summed E-state index contributed by atoms with van der Waals surface area (Å²) < 4.78 is 26.9. The predicted octanol–water partition coefficient (Wildman–Crippen LogP) is 3.36. The van der Waals surface area contributed by atoms with Gasteiger partial charge in [0.25, 0.3) is 0 Å². The Morgan fingerprint density at radius 3 is 2.28 bits per heavy atom. The average Bonchev–Trinajstić information content (AvgIpc) is 2.64. The quantitative estimate of drug-likeness (QED) is 0.751. The summed E-state index contributed by atoms with van der Waals surface area (Å²) in [6.07, 6.45) is 0.207. The summed E-state index contributed by atoms with van der Waals surface area (Å²) in [6, 6.07) is 14.1. The Bertz CT molecular complexity index is 713. The Morgan fingerprint density at radius 2 is 1.56 bits per heavy atom. The molecule has 0 spiro atoms. The minimum atomic E-state index is -1.04. The zero-order valence-electron chi connectivity index (χ0n) is 14.1. The number of carbonyl (C=O) groups excluding carboxylic acids is 1. The number of carbonyl (C=O) groups is 1. The third kappa shape index (κ3) is 4.71. The molecule has 132 valence electrons. The molecule has 3 nitrogen and oxygen atoms in total. The number of rotatable bonds is 6. The molecule has 5 heteroatoms. The highest BCUT2D eigenvalue weighted by molar-refractivity contribution is 5.96. The van der Waals surface area contributed by atoms with E-state index in [1.165, 1.54) is 17.7 Å². The summed E-state index contributed by atoms with van der Waals surface area (Å²) in [4.78, 5) is 16.7. The van der Waals surface area contributed by atoms with E-state index in [9.17, 15) is 13.6 Å². The van der Waals surface area contributed by atoms with E-state index in [0.717, 1.165) is 38.8 Å². The molecule has 1 saturated heterocycles. The summed E-state index contributed by atoms with van der Waals surface area (Å²) >= 11 is 0. The molecule has 2 aromatic rings. The van der Waals surface area contributed by atoms with Gasteiger partial charge in [-0.3, -0.25) is 9.69 Å². The summed E-state index contributed by atoms with van der Waals surface area (Å²) in [5, 5.41) is 0. The molecule has 0 amide bonds. The molecule has 1 heterocycles. The Balaban J connectivity index is 1.45. The minimum Gasteiger partial charge on any atom is -0.300 e. The van der Waals surface area contributed by atoms with Crippen molar-refractivity contribution in [2.24, 2.45) is 0 Å². The first-order chi connectivity index (χ1) is 12.1. The van der Waals surface area contributed by atoms with E-state index in [2.05, 4.69) is 21.9 Å². The van der Waals surface area contributed by atoms with Crippen molar-refractivity contribution in [1.29, 1.82) is 0 Å². The average molecular weight is 344 g/mol. The SMILES string of the molecule is O=C(CCN1CCN(Cc2ccccc2)CC1)c1cccc(F)c1F. The highest BCUT2D eigenvalue weighted by Gasteiger charge is 2.19. The van der Waals surface area contributed by atoms with Crippen LogP contribution < -0.4 is 0 Å². The van der Waals surface area contributed by atoms with Crippen molar-refractivity contribution < 1.29 is 13.6 Å². The van der Waals surface area contributed by atoms with E-state index in [4.69, 9.17) is 0 Å². The van der Waals surface area contributed by atoms with Crippen LogP contribution in [0.15, 0.2) is 48.5 Å². The lowest BCUT2D eigenvalue weighted by Gasteiger charge is -2.34. The first-order valence-electron chi connectivity index (χ1n) is 8.59. The molecule has 0 aromatic heterocycles. The molecule has 0 unspecified atom stereocenters. The van der Waals surface area contributed by atoms with Crippen LogP contribution in [0.3, 0.4) is 0 Å². The largest absolute Gasteiger partial charge is 0.300 e. The second kappa shape index (κ2) is 8.32. The van der Waals surface area contributed by atoms with Gasteiger partial charge in [0.15, 0.2) is 17.4 Å². The fourth-order valence-corrected chi connectivity index (χ4v) is 3.13. The summed E-state index contributed by atoms with van der Waals surface area (Å²) in [5.41, 5.74) is 1.15. The van der Waals surface area contributed by atoms with Gasteiger partial charge in [0.05, 0.1) is 5.56 Å². The molecule has 2 aromatic carbocycles. The number of piperazine rings is 1. The van der Waals surface area contributed by atoms with E-state index in [-0.39, 0.29) is 17.8 Å². The number of halogens is 2. The molecule has 3 rings (SSSR count). The van der Waals surface area contributed by atoms with Crippen LogP contribution in [-0.4, -0.2) is 48.3 Å². The van der Waals surface area contributed by atoms with Gasteiger partial charge in [0.1, 0.15) is 0 Å². The Labute approximate surface area is 146 Å². The fraction of sp³-hybridized carbons (Fsp3) is 0.350. The van der Waals surface area contributed by atoms with E-state index in [0.29, 0.717) is 6.54 Å². The van der Waals surface area contributed by atoms with Crippen molar-refractivity contribution in [2.45, 2.75) is 13.0 Å². The summed E-state index contributed by atoms with van der Waals surface area (Å²) in [5.74, 6) is -2.36.